The third-order valence-electron chi connectivity index (χ3n) is 4.58. The molecule has 0 aliphatic heterocycles. The van der Waals surface area contributed by atoms with Gasteiger partial charge in [0.05, 0.1) is 12.6 Å². The summed E-state index contributed by atoms with van der Waals surface area (Å²) in [6, 6.07) is -2.59. The van der Waals surface area contributed by atoms with Crippen LogP contribution in [-0.2, 0) is 19.2 Å². The number of aliphatic carboxylic acids is 1. The fourth-order valence-corrected chi connectivity index (χ4v) is 2.47. The highest BCUT2D eigenvalue weighted by Crippen LogP contribution is 2.08. The number of amides is 3. The largest absolute Gasteiger partial charge is 0.480 e. The van der Waals surface area contributed by atoms with Crippen molar-refractivity contribution >= 4 is 23.7 Å². The first kappa shape index (κ1) is 25.8. The van der Waals surface area contributed by atoms with Gasteiger partial charge in [-0.25, -0.2) is 4.79 Å². The molecule has 0 fully saturated rings. The lowest BCUT2D eigenvalue weighted by molar-refractivity contribution is -0.143. The zero-order chi connectivity index (χ0) is 22.0. The van der Waals surface area contributed by atoms with Crippen molar-refractivity contribution in [1.29, 1.82) is 0 Å². The van der Waals surface area contributed by atoms with E-state index < -0.39 is 41.8 Å². The zero-order valence-corrected chi connectivity index (χ0v) is 17.7. The smallest absolute Gasteiger partial charge is 0.326 e. The molecule has 0 aromatic carbocycles. The summed E-state index contributed by atoms with van der Waals surface area (Å²) >= 11 is 0. The molecule has 0 aliphatic rings. The quantitative estimate of drug-likeness (QED) is 0.316. The Kier molecular flexibility index (Phi) is 11.4. The van der Waals surface area contributed by atoms with E-state index >= 15 is 0 Å². The predicted octanol–water partition coefficient (Wildman–Crippen LogP) is 0.232. The summed E-state index contributed by atoms with van der Waals surface area (Å²) < 4.78 is 0. The fourth-order valence-electron chi connectivity index (χ4n) is 2.47. The standard InChI is InChI=1S/C19H36N4O5/c1-7-12(6)16(19(27)28)23-14(24)9-21-17(25)13(8-10(2)3)22-18(26)15(20)11(4)5/h10-13,15-16H,7-9,20H2,1-6H3,(H,21,25)(H,22,26)(H,23,24)(H,27,28). The number of carboxylic acids is 1. The number of carboxylic acid groups (broad SMARTS) is 1. The van der Waals surface area contributed by atoms with Gasteiger partial charge in [-0.15, -0.1) is 0 Å². The lowest BCUT2D eigenvalue weighted by Crippen LogP contribution is -2.55. The molecule has 0 aliphatic carbocycles. The Morgan fingerprint density at radius 3 is 1.96 bits per heavy atom. The van der Waals surface area contributed by atoms with Crippen molar-refractivity contribution in [3.05, 3.63) is 0 Å². The van der Waals surface area contributed by atoms with Gasteiger partial charge in [-0.3, -0.25) is 14.4 Å². The maximum absolute atomic E-state index is 12.5. The van der Waals surface area contributed by atoms with Crippen LogP contribution in [0.4, 0.5) is 0 Å². The van der Waals surface area contributed by atoms with Gasteiger partial charge in [0.25, 0.3) is 0 Å². The lowest BCUT2D eigenvalue weighted by Gasteiger charge is -2.24. The van der Waals surface area contributed by atoms with Crippen molar-refractivity contribution < 1.29 is 24.3 Å². The molecular formula is C19H36N4O5. The van der Waals surface area contributed by atoms with Crippen LogP contribution < -0.4 is 21.7 Å². The molecule has 0 radical (unpaired) electrons. The minimum atomic E-state index is -1.12. The van der Waals surface area contributed by atoms with Crippen molar-refractivity contribution in [3.63, 3.8) is 0 Å². The summed E-state index contributed by atoms with van der Waals surface area (Å²) in [4.78, 5) is 48.0. The van der Waals surface area contributed by atoms with Crippen molar-refractivity contribution in [1.82, 2.24) is 16.0 Å². The monoisotopic (exact) mass is 400 g/mol. The first-order chi connectivity index (χ1) is 12.9. The second-order valence-electron chi connectivity index (χ2n) is 7.95. The van der Waals surface area contributed by atoms with E-state index in [2.05, 4.69) is 16.0 Å². The molecule has 6 N–H and O–H groups in total. The molecule has 3 amide bonds. The van der Waals surface area contributed by atoms with E-state index in [0.29, 0.717) is 12.8 Å². The highest BCUT2D eigenvalue weighted by Gasteiger charge is 2.28. The Morgan fingerprint density at radius 1 is 0.964 bits per heavy atom. The maximum Gasteiger partial charge on any atom is 0.326 e. The lowest BCUT2D eigenvalue weighted by atomic mass is 9.99. The van der Waals surface area contributed by atoms with Crippen LogP contribution in [0.15, 0.2) is 0 Å². The van der Waals surface area contributed by atoms with E-state index in [-0.39, 0.29) is 24.3 Å². The molecule has 0 saturated heterocycles. The summed E-state index contributed by atoms with van der Waals surface area (Å²) in [7, 11) is 0. The van der Waals surface area contributed by atoms with Gasteiger partial charge < -0.3 is 26.8 Å². The van der Waals surface area contributed by atoms with Crippen LogP contribution in [0, 0.1) is 17.8 Å². The Hall–Kier alpha value is -2.16. The zero-order valence-electron chi connectivity index (χ0n) is 17.7. The van der Waals surface area contributed by atoms with Crippen LogP contribution in [0.5, 0.6) is 0 Å². The first-order valence-corrected chi connectivity index (χ1v) is 9.76. The summed E-state index contributed by atoms with van der Waals surface area (Å²) in [6.07, 6.45) is 0.969. The molecule has 4 atom stereocenters. The topological polar surface area (TPSA) is 151 Å². The molecule has 0 saturated carbocycles. The van der Waals surface area contributed by atoms with Gasteiger partial charge in [0, 0.05) is 0 Å². The number of carbonyl (C=O) groups excluding carboxylic acids is 3. The van der Waals surface area contributed by atoms with E-state index in [9.17, 15) is 24.3 Å². The van der Waals surface area contributed by atoms with E-state index in [1.165, 1.54) is 0 Å². The van der Waals surface area contributed by atoms with Crippen molar-refractivity contribution in [2.45, 2.75) is 72.5 Å². The molecule has 28 heavy (non-hydrogen) atoms. The Morgan fingerprint density at radius 2 is 1.54 bits per heavy atom. The van der Waals surface area contributed by atoms with E-state index in [1.807, 2.05) is 34.6 Å². The molecule has 9 nitrogen and oxygen atoms in total. The minimum Gasteiger partial charge on any atom is -0.480 e. The Labute approximate surface area is 167 Å². The number of hydrogen-bond donors (Lipinski definition) is 5. The fraction of sp³-hybridized carbons (Fsp3) is 0.789. The van der Waals surface area contributed by atoms with Gasteiger partial charge in [-0.2, -0.15) is 0 Å². The SMILES string of the molecule is CCC(C)C(NC(=O)CNC(=O)C(CC(C)C)NC(=O)C(N)C(C)C)C(=O)O. The molecule has 162 valence electrons. The predicted molar refractivity (Wildman–Crippen MR) is 106 cm³/mol. The van der Waals surface area contributed by atoms with Crippen molar-refractivity contribution in [2.24, 2.45) is 23.5 Å². The van der Waals surface area contributed by atoms with Gasteiger partial charge >= 0.3 is 5.97 Å². The third kappa shape index (κ3) is 9.16. The number of nitrogens with one attached hydrogen (secondary N) is 3. The summed E-state index contributed by atoms with van der Waals surface area (Å²) in [5.41, 5.74) is 5.82. The van der Waals surface area contributed by atoms with Crippen LogP contribution in [0.2, 0.25) is 0 Å². The number of rotatable bonds is 12. The molecule has 0 aromatic heterocycles. The normalized spacial score (nSPS) is 15.5. The maximum atomic E-state index is 12.5. The van der Waals surface area contributed by atoms with Crippen molar-refractivity contribution in [2.75, 3.05) is 6.54 Å². The van der Waals surface area contributed by atoms with E-state index in [4.69, 9.17) is 5.73 Å². The van der Waals surface area contributed by atoms with Crippen LogP contribution in [0.25, 0.3) is 0 Å². The summed E-state index contributed by atoms with van der Waals surface area (Å²) in [5.74, 6) is -2.87. The van der Waals surface area contributed by atoms with Gasteiger partial charge in [0.15, 0.2) is 0 Å². The van der Waals surface area contributed by atoms with Crippen LogP contribution in [0.1, 0.15) is 54.4 Å². The molecule has 0 rings (SSSR count). The van der Waals surface area contributed by atoms with Gasteiger partial charge in [0.1, 0.15) is 12.1 Å². The van der Waals surface area contributed by atoms with Gasteiger partial charge in [-0.1, -0.05) is 48.0 Å². The van der Waals surface area contributed by atoms with Crippen LogP contribution in [-0.4, -0.2) is 53.5 Å². The Balaban J connectivity index is 4.87. The molecule has 9 heteroatoms. The third-order valence-corrected chi connectivity index (χ3v) is 4.58. The minimum absolute atomic E-state index is 0.0814. The highest BCUT2D eigenvalue weighted by molar-refractivity contribution is 5.92. The van der Waals surface area contributed by atoms with E-state index in [0.717, 1.165) is 0 Å². The molecule has 0 spiro atoms. The first-order valence-electron chi connectivity index (χ1n) is 9.76. The van der Waals surface area contributed by atoms with Crippen LogP contribution in [0.3, 0.4) is 0 Å². The van der Waals surface area contributed by atoms with E-state index in [1.54, 1.807) is 6.92 Å². The number of hydrogen-bond acceptors (Lipinski definition) is 5. The molecule has 0 heterocycles. The summed E-state index contributed by atoms with van der Waals surface area (Å²) in [6.45, 7) is 10.6. The molecule has 0 bridgehead atoms. The molecular weight excluding hydrogens is 364 g/mol. The number of nitrogens with two attached hydrogens (primary N) is 1. The summed E-state index contributed by atoms with van der Waals surface area (Å²) in [5, 5.41) is 16.7. The highest BCUT2D eigenvalue weighted by atomic mass is 16.4. The van der Waals surface area contributed by atoms with Gasteiger partial charge in [-0.05, 0) is 24.2 Å². The number of carbonyl (C=O) groups is 4. The second kappa shape index (κ2) is 12.3. The molecule has 4 unspecified atom stereocenters. The molecule has 0 aromatic rings. The second-order valence-corrected chi connectivity index (χ2v) is 7.95. The van der Waals surface area contributed by atoms with Crippen LogP contribution >= 0.6 is 0 Å². The average Bonchev–Trinajstić information content (AvgIpc) is 2.61. The van der Waals surface area contributed by atoms with Crippen molar-refractivity contribution in [3.8, 4) is 0 Å². The Bertz CT molecular complexity index is 550. The van der Waals surface area contributed by atoms with Gasteiger partial charge in [0.2, 0.25) is 17.7 Å². The average molecular weight is 401 g/mol.